The predicted molar refractivity (Wildman–Crippen MR) is 105 cm³/mol. The van der Waals surface area contributed by atoms with E-state index in [4.69, 9.17) is 4.74 Å². The fourth-order valence-electron chi connectivity index (χ4n) is 2.83. The molecule has 2 aromatic carbocycles. The molecule has 26 heavy (non-hydrogen) atoms. The molecule has 0 saturated carbocycles. The van der Waals surface area contributed by atoms with Gasteiger partial charge in [-0.25, -0.2) is 9.59 Å². The van der Waals surface area contributed by atoms with Crippen molar-refractivity contribution >= 4 is 35.1 Å². The Bertz CT molecular complexity index is 809. The number of carbonyl (C=O) groups is 2. The van der Waals surface area contributed by atoms with Crippen molar-refractivity contribution in [1.82, 2.24) is 0 Å². The first kappa shape index (κ1) is 18.3. The van der Waals surface area contributed by atoms with Gasteiger partial charge in [0.25, 0.3) is 0 Å². The number of urea groups is 1. The highest BCUT2D eigenvalue weighted by atomic mass is 32.2. The third-order valence-electron chi connectivity index (χ3n) is 4.16. The Morgan fingerprint density at radius 3 is 2.77 bits per heavy atom. The second-order valence-electron chi connectivity index (χ2n) is 5.96. The van der Waals surface area contributed by atoms with Crippen LogP contribution in [0.4, 0.5) is 16.2 Å². The molecule has 136 valence electrons. The van der Waals surface area contributed by atoms with Gasteiger partial charge in [-0.3, -0.25) is 4.90 Å². The lowest BCUT2D eigenvalue weighted by Gasteiger charge is -2.33. The van der Waals surface area contributed by atoms with E-state index in [0.717, 1.165) is 17.0 Å². The Kier molecular flexibility index (Phi) is 5.83. The van der Waals surface area contributed by atoms with Crippen molar-refractivity contribution in [3.8, 4) is 0 Å². The van der Waals surface area contributed by atoms with E-state index in [1.807, 2.05) is 36.0 Å². The molecule has 0 saturated heterocycles. The second-order valence-corrected chi connectivity index (χ2v) is 7.30. The van der Waals surface area contributed by atoms with Crippen LogP contribution in [0, 0.1) is 0 Å². The quantitative estimate of drug-likeness (QED) is 0.787. The summed E-state index contributed by atoms with van der Waals surface area (Å²) in [5.74, 6) is -0.394. The van der Waals surface area contributed by atoms with Crippen molar-refractivity contribution in [2.45, 2.75) is 30.4 Å². The van der Waals surface area contributed by atoms with Gasteiger partial charge in [0.15, 0.2) is 0 Å². The van der Waals surface area contributed by atoms with E-state index in [1.54, 1.807) is 36.1 Å². The van der Waals surface area contributed by atoms with Crippen molar-refractivity contribution in [2.75, 3.05) is 23.4 Å². The molecule has 0 spiro atoms. The van der Waals surface area contributed by atoms with Gasteiger partial charge < -0.3 is 10.1 Å². The number of fused-ring (bicyclic) bond motifs is 1. The smallest absolute Gasteiger partial charge is 0.338 e. The van der Waals surface area contributed by atoms with E-state index in [1.165, 1.54) is 0 Å². The summed E-state index contributed by atoms with van der Waals surface area (Å²) in [6.07, 6.45) is 0.987. The summed E-state index contributed by atoms with van der Waals surface area (Å²) in [7, 11) is 0. The minimum Gasteiger partial charge on any atom is -0.462 e. The molecule has 6 heteroatoms. The Morgan fingerprint density at radius 1 is 1.19 bits per heavy atom. The molecule has 0 fully saturated rings. The number of rotatable bonds is 4. The minimum atomic E-state index is -0.394. The topological polar surface area (TPSA) is 58.6 Å². The maximum atomic E-state index is 12.9. The summed E-state index contributed by atoms with van der Waals surface area (Å²) in [5, 5.41) is 3.27. The fraction of sp³-hybridized carbons (Fsp3) is 0.300. The molecule has 1 heterocycles. The second kappa shape index (κ2) is 8.27. The largest absolute Gasteiger partial charge is 0.462 e. The molecule has 0 unspecified atom stereocenters. The number of anilines is 2. The molecule has 1 aliphatic heterocycles. The Morgan fingerprint density at radius 2 is 2.00 bits per heavy atom. The number of thioether (sulfide) groups is 1. The van der Waals surface area contributed by atoms with Crippen LogP contribution in [0.1, 0.15) is 30.6 Å². The van der Waals surface area contributed by atoms with E-state index >= 15 is 0 Å². The number of hydrogen-bond acceptors (Lipinski definition) is 4. The highest BCUT2D eigenvalue weighted by Crippen LogP contribution is 2.39. The van der Waals surface area contributed by atoms with Gasteiger partial charge in [0, 0.05) is 22.4 Å². The molecule has 0 aliphatic carbocycles. The van der Waals surface area contributed by atoms with Gasteiger partial charge in [0.2, 0.25) is 0 Å². The van der Waals surface area contributed by atoms with Crippen LogP contribution in [0.25, 0.3) is 0 Å². The third kappa shape index (κ3) is 4.02. The fourth-order valence-corrected chi connectivity index (χ4v) is 4.04. The summed E-state index contributed by atoms with van der Waals surface area (Å²) in [5.41, 5.74) is 1.91. The number of carbonyl (C=O) groups excluding carboxylic acids is 2. The van der Waals surface area contributed by atoms with Crippen molar-refractivity contribution in [3.63, 3.8) is 0 Å². The molecular weight excluding hydrogens is 348 g/mol. The molecule has 1 N–H and O–H groups in total. The van der Waals surface area contributed by atoms with Crippen LogP contribution in [0.15, 0.2) is 53.4 Å². The summed E-state index contributed by atoms with van der Waals surface area (Å²) >= 11 is 1.81. The molecule has 1 aliphatic rings. The summed E-state index contributed by atoms with van der Waals surface area (Å²) in [4.78, 5) is 27.7. The van der Waals surface area contributed by atoms with Crippen molar-refractivity contribution in [1.29, 1.82) is 0 Å². The SMILES string of the molecule is CCOC(=O)c1cccc(NC(=O)N2C[C@@H](CC)Sc3ccccc32)c1. The van der Waals surface area contributed by atoms with Gasteiger partial charge >= 0.3 is 12.0 Å². The minimum absolute atomic E-state index is 0.197. The first-order valence-electron chi connectivity index (χ1n) is 8.73. The van der Waals surface area contributed by atoms with Crippen LogP contribution in [0.3, 0.4) is 0 Å². The highest BCUT2D eigenvalue weighted by Gasteiger charge is 2.28. The lowest BCUT2D eigenvalue weighted by molar-refractivity contribution is 0.0526. The normalized spacial score (nSPS) is 15.9. The first-order valence-corrected chi connectivity index (χ1v) is 9.61. The Hall–Kier alpha value is -2.47. The van der Waals surface area contributed by atoms with Gasteiger partial charge in [-0.1, -0.05) is 25.1 Å². The molecule has 2 amide bonds. The third-order valence-corrected chi connectivity index (χ3v) is 5.58. The maximum Gasteiger partial charge on any atom is 0.338 e. The number of nitrogens with one attached hydrogen (secondary N) is 1. The zero-order valence-corrected chi connectivity index (χ0v) is 15.7. The first-order chi connectivity index (χ1) is 12.6. The summed E-state index contributed by atoms with van der Waals surface area (Å²) < 4.78 is 5.01. The molecule has 0 bridgehead atoms. The Balaban J connectivity index is 1.80. The number of amides is 2. The average molecular weight is 370 g/mol. The van der Waals surface area contributed by atoms with Gasteiger partial charge in [-0.2, -0.15) is 0 Å². The van der Waals surface area contributed by atoms with Crippen LogP contribution < -0.4 is 10.2 Å². The number of ether oxygens (including phenoxy) is 1. The van der Waals surface area contributed by atoms with E-state index in [2.05, 4.69) is 12.2 Å². The van der Waals surface area contributed by atoms with E-state index in [0.29, 0.717) is 29.7 Å². The molecule has 2 aromatic rings. The summed E-state index contributed by atoms with van der Waals surface area (Å²) in [6.45, 7) is 4.86. The van der Waals surface area contributed by atoms with Crippen molar-refractivity contribution in [2.24, 2.45) is 0 Å². The lowest BCUT2D eigenvalue weighted by Crippen LogP contribution is -2.41. The standard InChI is InChI=1S/C20H22N2O3S/c1-3-16-13-22(17-10-5-6-11-18(17)26-16)20(24)21-15-9-7-8-14(12-15)19(23)25-4-2/h5-12,16H,3-4,13H2,1-2H3,(H,21,24)/t16-/m1/s1. The van der Waals surface area contributed by atoms with Crippen LogP contribution in [0.2, 0.25) is 0 Å². The molecule has 3 rings (SSSR count). The maximum absolute atomic E-state index is 12.9. The average Bonchev–Trinajstić information content (AvgIpc) is 2.67. The number of para-hydroxylation sites is 1. The molecule has 0 aromatic heterocycles. The van der Waals surface area contributed by atoms with E-state index in [-0.39, 0.29) is 6.03 Å². The van der Waals surface area contributed by atoms with Gasteiger partial charge in [-0.05, 0) is 43.7 Å². The zero-order chi connectivity index (χ0) is 18.5. The van der Waals surface area contributed by atoms with Crippen molar-refractivity contribution < 1.29 is 14.3 Å². The zero-order valence-electron chi connectivity index (χ0n) is 14.9. The summed E-state index contributed by atoms with van der Waals surface area (Å²) in [6, 6.07) is 14.5. The number of nitrogens with zero attached hydrogens (tertiary/aromatic N) is 1. The number of benzene rings is 2. The Labute approximate surface area is 157 Å². The van der Waals surface area contributed by atoms with E-state index in [9.17, 15) is 9.59 Å². The molecule has 5 nitrogen and oxygen atoms in total. The van der Waals surface area contributed by atoms with Crippen molar-refractivity contribution in [3.05, 3.63) is 54.1 Å². The molecular formula is C20H22N2O3S. The molecule has 1 atom stereocenters. The van der Waals surface area contributed by atoms with Crippen LogP contribution in [-0.2, 0) is 4.74 Å². The van der Waals surface area contributed by atoms with Gasteiger partial charge in [0.1, 0.15) is 0 Å². The van der Waals surface area contributed by atoms with Gasteiger partial charge in [0.05, 0.1) is 17.9 Å². The van der Waals surface area contributed by atoms with E-state index < -0.39 is 5.97 Å². The van der Waals surface area contributed by atoms with Gasteiger partial charge in [-0.15, -0.1) is 11.8 Å². The highest BCUT2D eigenvalue weighted by molar-refractivity contribution is 8.00. The van der Waals surface area contributed by atoms with Crippen LogP contribution in [-0.4, -0.2) is 30.4 Å². The van der Waals surface area contributed by atoms with Crippen LogP contribution >= 0.6 is 11.8 Å². The lowest BCUT2D eigenvalue weighted by atomic mass is 10.2. The molecule has 0 radical (unpaired) electrons. The monoisotopic (exact) mass is 370 g/mol. The van der Waals surface area contributed by atoms with Crippen LogP contribution in [0.5, 0.6) is 0 Å². The number of hydrogen-bond donors (Lipinski definition) is 1. The number of esters is 1. The predicted octanol–water partition coefficient (Wildman–Crippen LogP) is 4.79.